The van der Waals surface area contributed by atoms with Gasteiger partial charge in [-0.25, -0.2) is 4.39 Å². The Morgan fingerprint density at radius 2 is 2.23 bits per heavy atom. The first-order chi connectivity index (χ1) is 6.24. The quantitative estimate of drug-likeness (QED) is 0.751. The molecule has 0 spiro atoms. The molecule has 1 aromatic rings. The van der Waals surface area contributed by atoms with Gasteiger partial charge in [-0.2, -0.15) is 0 Å². The maximum Gasteiger partial charge on any atom is 0.123 e. The van der Waals surface area contributed by atoms with Crippen molar-refractivity contribution in [2.24, 2.45) is 0 Å². The van der Waals surface area contributed by atoms with E-state index in [4.69, 9.17) is 0 Å². The molecular formula is C11H14FN. The van der Waals surface area contributed by atoms with Gasteiger partial charge in [0.25, 0.3) is 0 Å². The molecule has 0 aromatic heterocycles. The number of benzene rings is 1. The first-order valence-electron chi connectivity index (χ1n) is 4.31. The van der Waals surface area contributed by atoms with Crippen LogP contribution in [0.4, 0.5) is 4.39 Å². The van der Waals surface area contributed by atoms with Crippen LogP contribution in [0.3, 0.4) is 0 Å². The highest BCUT2D eigenvalue weighted by atomic mass is 19.1. The lowest BCUT2D eigenvalue weighted by Crippen LogP contribution is -2.03. The number of rotatable bonds is 3. The van der Waals surface area contributed by atoms with Gasteiger partial charge in [-0.05, 0) is 37.2 Å². The van der Waals surface area contributed by atoms with Crippen LogP contribution in [0.5, 0.6) is 0 Å². The molecule has 0 aliphatic rings. The fraction of sp³-hybridized carbons (Fsp3) is 0.273. The molecule has 0 atom stereocenters. The zero-order valence-electron chi connectivity index (χ0n) is 7.97. The molecular weight excluding hydrogens is 165 g/mol. The summed E-state index contributed by atoms with van der Waals surface area (Å²) in [6.07, 6.45) is 3.90. The van der Waals surface area contributed by atoms with E-state index in [0.29, 0.717) is 0 Å². The van der Waals surface area contributed by atoms with Crippen LogP contribution >= 0.6 is 0 Å². The minimum absolute atomic E-state index is 0.185. The van der Waals surface area contributed by atoms with Gasteiger partial charge in [0.1, 0.15) is 5.82 Å². The maximum absolute atomic E-state index is 12.8. The second-order valence-corrected chi connectivity index (χ2v) is 2.96. The van der Waals surface area contributed by atoms with Gasteiger partial charge in [0.05, 0.1) is 0 Å². The topological polar surface area (TPSA) is 12.0 Å². The van der Waals surface area contributed by atoms with Crippen LogP contribution in [-0.2, 0) is 0 Å². The van der Waals surface area contributed by atoms with E-state index in [9.17, 15) is 4.39 Å². The second kappa shape index (κ2) is 4.77. The Bertz CT molecular complexity index is 305. The van der Waals surface area contributed by atoms with Crippen molar-refractivity contribution < 1.29 is 4.39 Å². The first kappa shape index (κ1) is 9.93. The number of likely N-dealkylation sites (N-methyl/N-ethyl adjacent to an activating group) is 1. The fourth-order valence-corrected chi connectivity index (χ4v) is 1.09. The molecule has 1 rings (SSSR count). The monoisotopic (exact) mass is 179 g/mol. The molecule has 13 heavy (non-hydrogen) atoms. The summed E-state index contributed by atoms with van der Waals surface area (Å²) in [5, 5.41) is 2.99. The summed E-state index contributed by atoms with van der Waals surface area (Å²) in [4.78, 5) is 0. The van der Waals surface area contributed by atoms with Gasteiger partial charge >= 0.3 is 0 Å². The Morgan fingerprint density at radius 3 is 2.92 bits per heavy atom. The van der Waals surface area contributed by atoms with Crippen molar-refractivity contribution in [3.63, 3.8) is 0 Å². The summed E-state index contributed by atoms with van der Waals surface area (Å²) in [6.45, 7) is 2.77. The van der Waals surface area contributed by atoms with Gasteiger partial charge < -0.3 is 5.32 Å². The Balaban J connectivity index is 2.81. The molecule has 0 aliphatic heterocycles. The third-order valence-electron chi connectivity index (χ3n) is 1.86. The normalized spacial score (nSPS) is 11.0. The van der Waals surface area contributed by atoms with Crippen molar-refractivity contribution >= 4 is 6.08 Å². The molecule has 0 fully saturated rings. The zero-order chi connectivity index (χ0) is 9.68. The van der Waals surface area contributed by atoms with Crippen molar-refractivity contribution in [2.75, 3.05) is 13.6 Å². The maximum atomic E-state index is 12.8. The molecule has 0 saturated carbocycles. The Hall–Kier alpha value is -1.15. The smallest absolute Gasteiger partial charge is 0.123 e. The number of nitrogens with one attached hydrogen (secondary N) is 1. The van der Waals surface area contributed by atoms with Crippen molar-refractivity contribution in [1.82, 2.24) is 5.32 Å². The second-order valence-electron chi connectivity index (χ2n) is 2.96. The summed E-state index contributed by atoms with van der Waals surface area (Å²) in [5.74, 6) is -0.185. The van der Waals surface area contributed by atoms with E-state index in [1.54, 1.807) is 12.1 Å². The standard InChI is InChI=1S/C11H14FN/c1-9-5-6-11(12)8-10(9)4-3-7-13-2/h3-6,8,13H,7H2,1-2H3/b4-3+. The van der Waals surface area contributed by atoms with Gasteiger partial charge in [-0.15, -0.1) is 0 Å². The predicted molar refractivity (Wildman–Crippen MR) is 54.1 cm³/mol. The summed E-state index contributed by atoms with van der Waals surface area (Å²) >= 11 is 0. The number of aryl methyl sites for hydroxylation is 1. The van der Waals surface area contributed by atoms with Crippen molar-refractivity contribution in [1.29, 1.82) is 0 Å². The lowest BCUT2D eigenvalue weighted by Gasteiger charge is -1.99. The van der Waals surface area contributed by atoms with Crippen LogP contribution < -0.4 is 5.32 Å². The van der Waals surface area contributed by atoms with Gasteiger partial charge in [-0.1, -0.05) is 18.2 Å². The fourth-order valence-electron chi connectivity index (χ4n) is 1.09. The highest BCUT2D eigenvalue weighted by Crippen LogP contribution is 2.11. The molecule has 2 heteroatoms. The molecule has 0 heterocycles. The molecule has 0 aliphatic carbocycles. The van der Waals surface area contributed by atoms with E-state index in [-0.39, 0.29) is 5.82 Å². The third-order valence-corrected chi connectivity index (χ3v) is 1.86. The number of halogens is 1. The van der Waals surface area contributed by atoms with Gasteiger partial charge in [0.2, 0.25) is 0 Å². The summed E-state index contributed by atoms with van der Waals surface area (Å²) in [6, 6.07) is 4.81. The molecule has 1 N–H and O–H groups in total. The van der Waals surface area contributed by atoms with Crippen LogP contribution in [0.15, 0.2) is 24.3 Å². The van der Waals surface area contributed by atoms with E-state index in [0.717, 1.165) is 17.7 Å². The average Bonchev–Trinajstić information content (AvgIpc) is 2.11. The van der Waals surface area contributed by atoms with E-state index in [2.05, 4.69) is 5.32 Å². The van der Waals surface area contributed by atoms with Crippen molar-refractivity contribution in [2.45, 2.75) is 6.92 Å². The van der Waals surface area contributed by atoms with Crippen LogP contribution in [0.2, 0.25) is 0 Å². The van der Waals surface area contributed by atoms with Gasteiger partial charge in [0, 0.05) is 6.54 Å². The van der Waals surface area contributed by atoms with Crippen LogP contribution in [-0.4, -0.2) is 13.6 Å². The largest absolute Gasteiger partial charge is 0.316 e. The summed E-state index contributed by atoms with van der Waals surface area (Å²) < 4.78 is 12.8. The molecule has 0 saturated heterocycles. The lowest BCUT2D eigenvalue weighted by atomic mass is 10.1. The summed E-state index contributed by atoms with van der Waals surface area (Å²) in [7, 11) is 1.88. The lowest BCUT2D eigenvalue weighted by molar-refractivity contribution is 0.627. The third kappa shape index (κ3) is 2.99. The highest BCUT2D eigenvalue weighted by Gasteiger charge is 1.95. The zero-order valence-corrected chi connectivity index (χ0v) is 7.97. The van der Waals surface area contributed by atoms with E-state index < -0.39 is 0 Å². The van der Waals surface area contributed by atoms with Crippen LogP contribution in [0, 0.1) is 12.7 Å². The molecule has 0 radical (unpaired) electrons. The number of hydrogen-bond donors (Lipinski definition) is 1. The van der Waals surface area contributed by atoms with Crippen LogP contribution in [0.25, 0.3) is 6.08 Å². The predicted octanol–water partition coefficient (Wildman–Crippen LogP) is 2.37. The van der Waals surface area contributed by atoms with Crippen molar-refractivity contribution in [3.8, 4) is 0 Å². The van der Waals surface area contributed by atoms with E-state index in [1.807, 2.05) is 26.1 Å². The first-order valence-corrected chi connectivity index (χ1v) is 4.31. The van der Waals surface area contributed by atoms with Gasteiger partial charge in [0.15, 0.2) is 0 Å². The SMILES string of the molecule is CNC/C=C/c1cc(F)ccc1C. The summed E-state index contributed by atoms with van der Waals surface area (Å²) in [5.41, 5.74) is 2.03. The Kier molecular flexibility index (Phi) is 3.65. The molecule has 0 unspecified atom stereocenters. The average molecular weight is 179 g/mol. The van der Waals surface area contributed by atoms with Gasteiger partial charge in [-0.3, -0.25) is 0 Å². The molecule has 0 amide bonds. The molecule has 1 aromatic carbocycles. The van der Waals surface area contributed by atoms with E-state index >= 15 is 0 Å². The Labute approximate surface area is 78.3 Å². The van der Waals surface area contributed by atoms with Crippen LogP contribution in [0.1, 0.15) is 11.1 Å². The Morgan fingerprint density at radius 1 is 1.46 bits per heavy atom. The van der Waals surface area contributed by atoms with Crippen molar-refractivity contribution in [3.05, 3.63) is 41.2 Å². The van der Waals surface area contributed by atoms with E-state index in [1.165, 1.54) is 6.07 Å². The highest BCUT2D eigenvalue weighted by molar-refractivity contribution is 5.53. The molecule has 0 bridgehead atoms. The minimum atomic E-state index is -0.185. The molecule has 1 nitrogen and oxygen atoms in total. The minimum Gasteiger partial charge on any atom is -0.316 e. The number of hydrogen-bond acceptors (Lipinski definition) is 1. The molecule has 70 valence electrons.